The molecule has 3 aromatic rings. The van der Waals surface area contributed by atoms with Gasteiger partial charge in [-0.25, -0.2) is 9.98 Å². The van der Waals surface area contributed by atoms with Gasteiger partial charge < -0.3 is 16.4 Å². The molecule has 4 N–H and O–H groups in total. The number of rotatable bonds is 6. The van der Waals surface area contributed by atoms with Crippen molar-refractivity contribution in [2.45, 2.75) is 26.1 Å². The molecule has 0 fully saturated rings. The van der Waals surface area contributed by atoms with Crippen LogP contribution in [0.4, 0.5) is 24.7 Å². The molecule has 2 aromatic carbocycles. The molecule has 0 aliphatic carbocycles. The minimum absolute atomic E-state index is 0.0363. The van der Waals surface area contributed by atoms with Crippen LogP contribution in [0.25, 0.3) is 10.8 Å². The van der Waals surface area contributed by atoms with E-state index in [1.807, 2.05) is 6.07 Å². The first kappa shape index (κ1) is 28.4. The fourth-order valence-corrected chi connectivity index (χ4v) is 3.69. The second-order valence-electron chi connectivity index (χ2n) is 8.15. The van der Waals surface area contributed by atoms with E-state index < -0.39 is 29.4 Å². The summed E-state index contributed by atoms with van der Waals surface area (Å²) in [5, 5.41) is 15.0. The van der Waals surface area contributed by atoms with Crippen LogP contribution in [-0.2, 0) is 4.79 Å². The number of alkyl halides is 3. The topological polar surface area (TPSA) is 133 Å². The zero-order valence-corrected chi connectivity index (χ0v) is 21.3. The Morgan fingerprint density at radius 1 is 1.21 bits per heavy atom. The van der Waals surface area contributed by atoms with Crippen LogP contribution in [0.15, 0.2) is 59.4 Å². The average molecular weight is 563 g/mol. The van der Waals surface area contributed by atoms with E-state index in [-0.39, 0.29) is 33.2 Å². The SMILES string of the molecule is CC(C)NC(=O)c1cc2cc(C#N)ccc2c(Cl)c1NC(=O)C(C=C(N)C(F)(F)F)=Nc1ncccc1Cl. The van der Waals surface area contributed by atoms with Gasteiger partial charge in [0.1, 0.15) is 11.4 Å². The van der Waals surface area contributed by atoms with Crippen molar-refractivity contribution in [2.75, 3.05) is 5.32 Å². The number of amides is 2. The highest BCUT2D eigenvalue weighted by Gasteiger charge is 2.33. The van der Waals surface area contributed by atoms with Gasteiger partial charge in [0, 0.05) is 17.6 Å². The van der Waals surface area contributed by atoms with Gasteiger partial charge in [-0.1, -0.05) is 29.3 Å². The van der Waals surface area contributed by atoms with Crippen molar-refractivity contribution in [3.05, 3.63) is 75.5 Å². The Morgan fingerprint density at radius 2 is 1.92 bits per heavy atom. The van der Waals surface area contributed by atoms with Gasteiger partial charge >= 0.3 is 6.18 Å². The Morgan fingerprint density at radius 3 is 2.53 bits per heavy atom. The average Bonchev–Trinajstić information content (AvgIpc) is 2.84. The number of nitriles is 1. The lowest BCUT2D eigenvalue weighted by molar-refractivity contribution is -0.110. The molecular weight excluding hydrogens is 544 g/mol. The van der Waals surface area contributed by atoms with Crippen molar-refractivity contribution in [1.82, 2.24) is 10.3 Å². The summed E-state index contributed by atoms with van der Waals surface area (Å²) in [6.45, 7) is 3.41. The molecule has 0 saturated carbocycles. The number of benzene rings is 2. The molecule has 8 nitrogen and oxygen atoms in total. The van der Waals surface area contributed by atoms with Crippen molar-refractivity contribution in [1.29, 1.82) is 5.26 Å². The summed E-state index contributed by atoms with van der Waals surface area (Å²) in [5.74, 6) is -2.04. The quantitative estimate of drug-likeness (QED) is 0.333. The first-order valence-electron chi connectivity index (χ1n) is 10.8. The zero-order valence-electron chi connectivity index (χ0n) is 19.8. The third-order valence-corrected chi connectivity index (χ3v) is 5.61. The number of aliphatic imine (C=N–C) groups is 1. The Labute approximate surface area is 225 Å². The van der Waals surface area contributed by atoms with Crippen LogP contribution >= 0.6 is 23.2 Å². The lowest BCUT2D eigenvalue weighted by atomic mass is 10.0. The van der Waals surface area contributed by atoms with E-state index >= 15 is 0 Å². The summed E-state index contributed by atoms with van der Waals surface area (Å²) in [6, 6.07) is 10.4. The first-order chi connectivity index (χ1) is 17.8. The third kappa shape index (κ3) is 6.59. The van der Waals surface area contributed by atoms with Gasteiger partial charge in [-0.05, 0) is 55.6 Å². The highest BCUT2D eigenvalue weighted by atomic mass is 35.5. The maximum absolute atomic E-state index is 13.3. The van der Waals surface area contributed by atoms with Gasteiger partial charge in [0.15, 0.2) is 5.82 Å². The van der Waals surface area contributed by atoms with Gasteiger partial charge in [0.05, 0.1) is 32.9 Å². The van der Waals surface area contributed by atoms with Crippen molar-refractivity contribution in [2.24, 2.45) is 10.7 Å². The van der Waals surface area contributed by atoms with Gasteiger partial charge in [0.25, 0.3) is 11.8 Å². The molecule has 3 rings (SSSR count). The number of carbonyl (C=O) groups is 2. The van der Waals surface area contributed by atoms with Gasteiger partial charge in [-0.3, -0.25) is 9.59 Å². The monoisotopic (exact) mass is 562 g/mol. The number of hydrogen-bond acceptors (Lipinski definition) is 6. The number of nitrogens with one attached hydrogen (secondary N) is 2. The minimum atomic E-state index is -4.96. The molecule has 0 unspecified atom stereocenters. The predicted molar refractivity (Wildman–Crippen MR) is 140 cm³/mol. The number of pyridine rings is 1. The summed E-state index contributed by atoms with van der Waals surface area (Å²) >= 11 is 12.6. The van der Waals surface area contributed by atoms with E-state index in [1.165, 1.54) is 42.6 Å². The van der Waals surface area contributed by atoms with Gasteiger partial charge in [-0.2, -0.15) is 18.4 Å². The lowest BCUT2D eigenvalue weighted by Gasteiger charge is -2.17. The molecule has 0 saturated heterocycles. The molecular formula is C25H19Cl2F3N6O2. The Bertz CT molecular complexity index is 1530. The minimum Gasteiger partial charge on any atom is -0.395 e. The molecule has 0 aliphatic heterocycles. The molecule has 0 spiro atoms. The van der Waals surface area contributed by atoms with Crippen molar-refractivity contribution >= 4 is 63.0 Å². The van der Waals surface area contributed by atoms with E-state index in [1.54, 1.807) is 13.8 Å². The van der Waals surface area contributed by atoms with Crippen LogP contribution in [0.3, 0.4) is 0 Å². The number of allylic oxidation sites excluding steroid dienone is 1. The largest absolute Gasteiger partial charge is 0.430 e. The predicted octanol–water partition coefficient (Wildman–Crippen LogP) is 5.67. The second-order valence-corrected chi connectivity index (χ2v) is 8.93. The number of carbonyl (C=O) groups excluding carboxylic acids is 2. The lowest BCUT2D eigenvalue weighted by Crippen LogP contribution is -2.32. The summed E-state index contributed by atoms with van der Waals surface area (Å²) in [7, 11) is 0. The molecule has 0 radical (unpaired) electrons. The molecule has 1 aromatic heterocycles. The van der Waals surface area contributed by atoms with Crippen LogP contribution in [-0.4, -0.2) is 34.7 Å². The summed E-state index contributed by atoms with van der Waals surface area (Å²) in [5.41, 5.74) is 2.76. The summed E-state index contributed by atoms with van der Waals surface area (Å²) < 4.78 is 39.6. The molecule has 0 atom stereocenters. The fraction of sp³-hybridized carbons (Fsp3) is 0.160. The Balaban J connectivity index is 2.20. The van der Waals surface area contributed by atoms with Crippen LogP contribution in [0, 0.1) is 11.3 Å². The number of hydrogen-bond donors (Lipinski definition) is 3. The van der Waals surface area contributed by atoms with Crippen molar-refractivity contribution in [3.63, 3.8) is 0 Å². The van der Waals surface area contributed by atoms with Crippen molar-refractivity contribution < 1.29 is 22.8 Å². The number of aromatic nitrogens is 1. The normalized spacial score (nSPS) is 12.4. The van der Waals surface area contributed by atoms with Gasteiger partial charge in [-0.15, -0.1) is 0 Å². The van der Waals surface area contributed by atoms with E-state index in [9.17, 15) is 28.0 Å². The van der Waals surface area contributed by atoms with Crippen LogP contribution < -0.4 is 16.4 Å². The van der Waals surface area contributed by atoms with Crippen LogP contribution in [0.5, 0.6) is 0 Å². The number of anilines is 1. The smallest absolute Gasteiger partial charge is 0.395 e. The molecule has 2 amide bonds. The van der Waals surface area contributed by atoms with E-state index in [4.69, 9.17) is 28.9 Å². The summed E-state index contributed by atoms with van der Waals surface area (Å²) in [4.78, 5) is 34.0. The maximum atomic E-state index is 13.3. The molecule has 1 heterocycles. The first-order valence-corrected chi connectivity index (χ1v) is 11.6. The molecule has 0 bridgehead atoms. The molecule has 13 heteroatoms. The van der Waals surface area contributed by atoms with E-state index in [2.05, 4.69) is 20.6 Å². The van der Waals surface area contributed by atoms with Crippen molar-refractivity contribution in [3.8, 4) is 6.07 Å². The highest BCUT2D eigenvalue weighted by Crippen LogP contribution is 2.35. The highest BCUT2D eigenvalue weighted by molar-refractivity contribution is 6.49. The maximum Gasteiger partial charge on any atom is 0.430 e. The van der Waals surface area contributed by atoms with Crippen LogP contribution in [0.2, 0.25) is 10.0 Å². The van der Waals surface area contributed by atoms with Crippen LogP contribution in [0.1, 0.15) is 29.8 Å². The van der Waals surface area contributed by atoms with E-state index in [0.717, 1.165) is 0 Å². The summed E-state index contributed by atoms with van der Waals surface area (Å²) in [6.07, 6.45) is -3.36. The molecule has 0 aliphatic rings. The number of halogens is 5. The zero-order chi connectivity index (χ0) is 28.2. The second kappa shape index (κ2) is 11.5. The number of nitrogens with zero attached hydrogens (tertiary/aromatic N) is 3. The molecule has 196 valence electrons. The fourth-order valence-electron chi connectivity index (χ4n) is 3.20. The standard InChI is InChI=1S/C25H19Cl2F3N6O2/c1-12(2)34-23(37)16-9-14-8-13(11-31)5-6-15(14)20(27)21(16)36-24(38)18(10-19(32)25(28,29)30)35-22-17(26)4-3-7-33-22/h3-10,12H,32H2,1-2H3,(H,34,37)(H,36,38). The van der Waals surface area contributed by atoms with E-state index in [0.29, 0.717) is 22.4 Å². The number of fused-ring (bicyclic) bond motifs is 1. The Kier molecular flexibility index (Phi) is 8.60. The third-order valence-electron chi connectivity index (χ3n) is 4.93. The van der Waals surface area contributed by atoms with Gasteiger partial charge in [0.2, 0.25) is 0 Å². The Hall–Kier alpha value is -4.14. The molecule has 38 heavy (non-hydrogen) atoms. The number of nitrogens with two attached hydrogens (primary N) is 1.